The SMILES string of the molecule is CN[C@H](C(=O)O)[C@H](O)[C@H](C)CCCc1ccn(C)n1. The summed E-state index contributed by atoms with van der Waals surface area (Å²) in [5, 5.41) is 25.9. The van der Waals surface area contributed by atoms with E-state index in [1.54, 1.807) is 11.7 Å². The molecule has 0 aliphatic rings. The molecule has 0 saturated carbocycles. The molecular weight excluding hydrogens is 246 g/mol. The first kappa shape index (κ1) is 15.7. The number of hydrogen-bond donors (Lipinski definition) is 3. The molecule has 1 heterocycles. The molecule has 6 nitrogen and oxygen atoms in total. The van der Waals surface area contributed by atoms with Crippen LogP contribution in [0.25, 0.3) is 0 Å². The molecule has 19 heavy (non-hydrogen) atoms. The van der Waals surface area contributed by atoms with E-state index in [2.05, 4.69) is 10.4 Å². The van der Waals surface area contributed by atoms with Gasteiger partial charge in [-0.05, 0) is 38.3 Å². The number of aliphatic hydroxyl groups excluding tert-OH is 1. The van der Waals surface area contributed by atoms with Crippen LogP contribution in [0.3, 0.4) is 0 Å². The fourth-order valence-corrected chi connectivity index (χ4v) is 2.14. The van der Waals surface area contributed by atoms with E-state index in [9.17, 15) is 9.90 Å². The Morgan fingerprint density at radius 2 is 2.26 bits per heavy atom. The lowest BCUT2D eigenvalue weighted by molar-refractivity contribution is -0.143. The number of hydrogen-bond acceptors (Lipinski definition) is 4. The van der Waals surface area contributed by atoms with E-state index in [4.69, 9.17) is 5.11 Å². The number of carboxylic acid groups (broad SMARTS) is 1. The second kappa shape index (κ2) is 7.25. The predicted octanol–water partition coefficient (Wildman–Crippen LogP) is 0.412. The zero-order chi connectivity index (χ0) is 14.4. The van der Waals surface area contributed by atoms with Crippen molar-refractivity contribution < 1.29 is 15.0 Å². The van der Waals surface area contributed by atoms with Crippen molar-refractivity contribution in [3.8, 4) is 0 Å². The lowest BCUT2D eigenvalue weighted by Gasteiger charge is -2.24. The van der Waals surface area contributed by atoms with E-state index in [-0.39, 0.29) is 5.92 Å². The van der Waals surface area contributed by atoms with Crippen molar-refractivity contribution in [1.29, 1.82) is 0 Å². The third-order valence-electron chi connectivity index (χ3n) is 3.36. The van der Waals surface area contributed by atoms with Gasteiger partial charge in [0.05, 0.1) is 11.8 Å². The maximum atomic E-state index is 10.9. The zero-order valence-corrected chi connectivity index (χ0v) is 11.7. The highest BCUT2D eigenvalue weighted by Crippen LogP contribution is 2.16. The van der Waals surface area contributed by atoms with E-state index in [0.717, 1.165) is 25.0 Å². The Bertz CT molecular complexity index is 406. The number of aliphatic hydroxyl groups is 1. The van der Waals surface area contributed by atoms with Crippen LogP contribution in [0, 0.1) is 5.92 Å². The molecule has 0 saturated heterocycles. The fraction of sp³-hybridized carbons (Fsp3) is 0.692. The molecule has 3 N–H and O–H groups in total. The van der Waals surface area contributed by atoms with Crippen LogP contribution in [0.4, 0.5) is 0 Å². The van der Waals surface area contributed by atoms with Crippen LogP contribution in [0.15, 0.2) is 12.3 Å². The zero-order valence-electron chi connectivity index (χ0n) is 11.7. The third-order valence-corrected chi connectivity index (χ3v) is 3.36. The van der Waals surface area contributed by atoms with E-state index in [0.29, 0.717) is 0 Å². The molecule has 0 spiro atoms. The topological polar surface area (TPSA) is 87.4 Å². The van der Waals surface area contributed by atoms with Gasteiger partial charge in [0.2, 0.25) is 0 Å². The Morgan fingerprint density at radius 3 is 2.74 bits per heavy atom. The molecule has 0 aliphatic heterocycles. The van der Waals surface area contributed by atoms with Crippen LogP contribution in [0.5, 0.6) is 0 Å². The van der Waals surface area contributed by atoms with Crippen molar-refractivity contribution in [2.24, 2.45) is 13.0 Å². The highest BCUT2D eigenvalue weighted by Gasteiger charge is 2.28. The predicted molar refractivity (Wildman–Crippen MR) is 71.8 cm³/mol. The molecule has 0 aromatic carbocycles. The first-order chi connectivity index (χ1) is 8.95. The summed E-state index contributed by atoms with van der Waals surface area (Å²) in [5.41, 5.74) is 1.02. The number of nitrogens with zero attached hydrogens (tertiary/aromatic N) is 2. The number of carbonyl (C=O) groups is 1. The highest BCUT2D eigenvalue weighted by molar-refractivity contribution is 5.74. The molecular formula is C13H23N3O3. The second-order valence-corrected chi connectivity index (χ2v) is 4.95. The van der Waals surface area contributed by atoms with Gasteiger partial charge in [-0.2, -0.15) is 5.10 Å². The Balaban J connectivity index is 2.37. The van der Waals surface area contributed by atoms with Gasteiger partial charge in [0, 0.05) is 13.2 Å². The maximum Gasteiger partial charge on any atom is 0.323 e. The van der Waals surface area contributed by atoms with Crippen LogP contribution >= 0.6 is 0 Å². The van der Waals surface area contributed by atoms with Gasteiger partial charge < -0.3 is 15.5 Å². The number of aromatic nitrogens is 2. The van der Waals surface area contributed by atoms with Gasteiger partial charge in [0.15, 0.2) is 0 Å². The minimum absolute atomic E-state index is 0.0720. The summed E-state index contributed by atoms with van der Waals surface area (Å²) in [6.07, 6.45) is 3.50. The summed E-state index contributed by atoms with van der Waals surface area (Å²) < 4.78 is 1.76. The lowest BCUT2D eigenvalue weighted by atomic mass is 9.92. The Labute approximate surface area is 113 Å². The minimum Gasteiger partial charge on any atom is -0.480 e. The molecule has 0 unspecified atom stereocenters. The van der Waals surface area contributed by atoms with E-state index >= 15 is 0 Å². The standard InChI is InChI=1S/C13H23N3O3/c1-9(12(17)11(14-2)13(18)19)5-4-6-10-7-8-16(3)15-10/h7-9,11-12,14,17H,4-6H2,1-3H3,(H,18,19)/t9-,11+,12-/m1/s1. The second-order valence-electron chi connectivity index (χ2n) is 4.95. The molecule has 0 fully saturated rings. The van der Waals surface area contributed by atoms with Gasteiger partial charge in [0.1, 0.15) is 6.04 Å². The quantitative estimate of drug-likeness (QED) is 0.636. The molecule has 0 amide bonds. The van der Waals surface area contributed by atoms with Crippen LogP contribution in [-0.4, -0.2) is 45.2 Å². The van der Waals surface area contributed by atoms with E-state index in [1.165, 1.54) is 0 Å². The van der Waals surface area contributed by atoms with Gasteiger partial charge in [-0.3, -0.25) is 9.48 Å². The summed E-state index contributed by atoms with van der Waals surface area (Å²) >= 11 is 0. The van der Waals surface area contributed by atoms with Crippen molar-refractivity contribution in [3.05, 3.63) is 18.0 Å². The molecule has 1 aromatic rings. The average Bonchev–Trinajstić information content (AvgIpc) is 2.75. The summed E-state index contributed by atoms with van der Waals surface area (Å²) in [7, 11) is 3.42. The summed E-state index contributed by atoms with van der Waals surface area (Å²) in [5.74, 6) is -1.09. The number of likely N-dealkylation sites (N-methyl/N-ethyl adjacent to an activating group) is 1. The number of rotatable bonds is 8. The molecule has 0 aliphatic carbocycles. The van der Waals surface area contributed by atoms with E-state index < -0.39 is 18.1 Å². The number of aryl methyl sites for hydroxylation is 2. The van der Waals surface area contributed by atoms with E-state index in [1.807, 2.05) is 26.2 Å². The number of carboxylic acids is 1. The minimum atomic E-state index is -1.02. The molecule has 0 radical (unpaired) electrons. The highest BCUT2D eigenvalue weighted by atomic mass is 16.4. The van der Waals surface area contributed by atoms with Crippen molar-refractivity contribution in [3.63, 3.8) is 0 Å². The molecule has 6 heteroatoms. The van der Waals surface area contributed by atoms with Crippen LogP contribution < -0.4 is 5.32 Å². The Hall–Kier alpha value is -1.40. The molecule has 0 bridgehead atoms. The van der Waals surface area contributed by atoms with Crippen molar-refractivity contribution in [2.75, 3.05) is 7.05 Å². The van der Waals surface area contributed by atoms with Gasteiger partial charge >= 0.3 is 5.97 Å². The third kappa shape index (κ3) is 4.65. The smallest absolute Gasteiger partial charge is 0.323 e. The van der Waals surface area contributed by atoms with Crippen molar-refractivity contribution in [1.82, 2.24) is 15.1 Å². The normalized spacial score (nSPS) is 16.0. The maximum absolute atomic E-state index is 10.9. The van der Waals surface area contributed by atoms with Gasteiger partial charge in [0.25, 0.3) is 0 Å². The summed E-state index contributed by atoms with van der Waals surface area (Å²) in [4.78, 5) is 10.9. The average molecular weight is 269 g/mol. The van der Waals surface area contributed by atoms with Crippen molar-refractivity contribution in [2.45, 2.75) is 38.3 Å². The number of aliphatic carboxylic acids is 1. The lowest BCUT2D eigenvalue weighted by Crippen LogP contribution is -2.47. The Kier molecular flexibility index (Phi) is 5.98. The monoisotopic (exact) mass is 269 g/mol. The fourth-order valence-electron chi connectivity index (χ4n) is 2.14. The Morgan fingerprint density at radius 1 is 1.58 bits per heavy atom. The van der Waals surface area contributed by atoms with Crippen LogP contribution in [0.1, 0.15) is 25.5 Å². The number of nitrogens with one attached hydrogen (secondary N) is 1. The van der Waals surface area contributed by atoms with Gasteiger partial charge in [-0.1, -0.05) is 6.92 Å². The van der Waals surface area contributed by atoms with Crippen LogP contribution in [-0.2, 0) is 18.3 Å². The van der Waals surface area contributed by atoms with Gasteiger partial charge in [-0.25, -0.2) is 0 Å². The largest absolute Gasteiger partial charge is 0.480 e. The molecule has 3 atom stereocenters. The van der Waals surface area contributed by atoms with Gasteiger partial charge in [-0.15, -0.1) is 0 Å². The molecule has 1 aromatic heterocycles. The summed E-state index contributed by atoms with van der Waals surface area (Å²) in [6, 6.07) is 1.05. The molecule has 108 valence electrons. The molecule has 1 rings (SSSR count). The summed E-state index contributed by atoms with van der Waals surface area (Å²) in [6.45, 7) is 1.87. The first-order valence-corrected chi connectivity index (χ1v) is 6.52. The van der Waals surface area contributed by atoms with Crippen LogP contribution in [0.2, 0.25) is 0 Å². The van der Waals surface area contributed by atoms with Crippen molar-refractivity contribution >= 4 is 5.97 Å². The first-order valence-electron chi connectivity index (χ1n) is 6.52.